The zero-order chi connectivity index (χ0) is 5.98. The maximum Gasteiger partial charge on any atom is 0.0863 e. The molecule has 1 heterocycles. The molecular formula is C6H14ClNO. The van der Waals surface area contributed by atoms with Gasteiger partial charge in [-0.3, -0.25) is 0 Å². The summed E-state index contributed by atoms with van der Waals surface area (Å²) in [7, 11) is 4.34. The fourth-order valence-electron chi connectivity index (χ4n) is 0.684. The lowest BCUT2D eigenvalue weighted by molar-refractivity contribution is -0.858. The van der Waals surface area contributed by atoms with Crippen molar-refractivity contribution in [3.05, 3.63) is 0 Å². The first-order valence-corrected chi connectivity index (χ1v) is 3.19. The molecule has 0 saturated carbocycles. The number of hydrogen-bond acceptors (Lipinski definition) is 1. The second-order valence-corrected chi connectivity index (χ2v) is 2.70. The molecule has 1 saturated heterocycles. The Hall–Kier alpha value is 0.210. The fraction of sp³-hybridized carbons (Fsp3) is 1.00. The number of nitrogens with one attached hydrogen (secondary N) is 1. The summed E-state index contributed by atoms with van der Waals surface area (Å²) in [5, 5.41) is 0. The SMILES string of the molecule is C[NH+](C)CCC1CO1.[Cl-]. The molecule has 1 rings (SSSR count). The Balaban J connectivity index is 0.000000640. The summed E-state index contributed by atoms with van der Waals surface area (Å²) in [6.07, 6.45) is 1.85. The number of epoxide rings is 1. The highest BCUT2D eigenvalue weighted by atomic mass is 35.5. The van der Waals surface area contributed by atoms with E-state index in [-0.39, 0.29) is 12.4 Å². The van der Waals surface area contributed by atoms with Crippen molar-refractivity contribution in [2.75, 3.05) is 27.2 Å². The van der Waals surface area contributed by atoms with Gasteiger partial charge in [0.1, 0.15) is 0 Å². The number of rotatable bonds is 3. The third-order valence-corrected chi connectivity index (χ3v) is 1.37. The minimum Gasteiger partial charge on any atom is -1.00 e. The van der Waals surface area contributed by atoms with Gasteiger partial charge in [0, 0.05) is 6.42 Å². The maximum atomic E-state index is 5.05. The Morgan fingerprint density at radius 1 is 1.56 bits per heavy atom. The van der Waals surface area contributed by atoms with Crippen LogP contribution in [0.25, 0.3) is 0 Å². The Morgan fingerprint density at radius 3 is 2.44 bits per heavy atom. The molecule has 0 bridgehead atoms. The van der Waals surface area contributed by atoms with Crippen LogP contribution < -0.4 is 17.3 Å². The molecule has 0 aromatic rings. The third kappa shape index (κ3) is 4.70. The highest BCUT2D eigenvalue weighted by Crippen LogP contribution is 2.10. The molecule has 1 aliphatic rings. The lowest BCUT2D eigenvalue weighted by Crippen LogP contribution is -3.05. The second kappa shape index (κ2) is 4.09. The molecule has 9 heavy (non-hydrogen) atoms. The Labute approximate surface area is 62.6 Å². The van der Waals surface area contributed by atoms with E-state index in [0.29, 0.717) is 6.10 Å². The maximum absolute atomic E-state index is 5.05. The zero-order valence-electron chi connectivity index (χ0n) is 5.98. The summed E-state index contributed by atoms with van der Waals surface area (Å²) in [5.41, 5.74) is 0. The molecule has 56 valence electrons. The highest BCUT2D eigenvalue weighted by Gasteiger charge is 2.22. The summed E-state index contributed by atoms with van der Waals surface area (Å²) < 4.78 is 5.05. The first-order chi connectivity index (χ1) is 3.79. The molecule has 1 unspecified atom stereocenters. The molecule has 1 atom stereocenters. The van der Waals surface area contributed by atoms with E-state index >= 15 is 0 Å². The van der Waals surface area contributed by atoms with Gasteiger partial charge in [0.05, 0.1) is 33.4 Å². The van der Waals surface area contributed by atoms with Crippen LogP contribution in [0.4, 0.5) is 0 Å². The van der Waals surface area contributed by atoms with E-state index in [9.17, 15) is 0 Å². The molecule has 0 aliphatic carbocycles. The molecule has 2 nitrogen and oxygen atoms in total. The van der Waals surface area contributed by atoms with Gasteiger partial charge >= 0.3 is 0 Å². The van der Waals surface area contributed by atoms with Crippen LogP contribution in [0.5, 0.6) is 0 Å². The van der Waals surface area contributed by atoms with Crippen molar-refractivity contribution in [2.45, 2.75) is 12.5 Å². The van der Waals surface area contributed by atoms with E-state index in [1.54, 1.807) is 0 Å². The lowest BCUT2D eigenvalue weighted by atomic mass is 10.3. The third-order valence-electron chi connectivity index (χ3n) is 1.37. The van der Waals surface area contributed by atoms with E-state index in [0.717, 1.165) is 6.61 Å². The summed E-state index contributed by atoms with van der Waals surface area (Å²) in [4.78, 5) is 1.51. The Kier molecular flexibility index (Phi) is 4.19. The van der Waals surface area contributed by atoms with Gasteiger partial charge < -0.3 is 22.0 Å². The van der Waals surface area contributed by atoms with Gasteiger partial charge in [-0.05, 0) is 0 Å². The van der Waals surface area contributed by atoms with Crippen molar-refractivity contribution in [3.63, 3.8) is 0 Å². The van der Waals surface area contributed by atoms with Gasteiger partial charge in [0.2, 0.25) is 0 Å². The molecule has 1 fully saturated rings. The summed E-state index contributed by atoms with van der Waals surface area (Å²) in [5.74, 6) is 0. The van der Waals surface area contributed by atoms with Crippen molar-refractivity contribution in [1.29, 1.82) is 0 Å². The predicted molar refractivity (Wildman–Crippen MR) is 32.0 cm³/mol. The molecule has 0 radical (unpaired) electrons. The lowest BCUT2D eigenvalue weighted by Gasteiger charge is -2.03. The number of halogens is 1. The molecular weight excluding hydrogens is 138 g/mol. The molecule has 3 heteroatoms. The number of ether oxygens (including phenoxy) is 1. The average Bonchev–Trinajstić information content (AvgIpc) is 2.41. The molecule has 0 amide bonds. The summed E-state index contributed by atoms with van der Waals surface area (Å²) in [6, 6.07) is 0. The molecule has 0 aromatic heterocycles. The standard InChI is InChI=1S/C6H13NO.ClH/c1-7(2)4-3-6-5-8-6;/h6H,3-5H2,1-2H3;1H. The van der Waals surface area contributed by atoms with E-state index < -0.39 is 0 Å². The van der Waals surface area contributed by atoms with Crippen LogP contribution in [0, 0.1) is 0 Å². The van der Waals surface area contributed by atoms with Crippen molar-refractivity contribution in [1.82, 2.24) is 0 Å². The van der Waals surface area contributed by atoms with Crippen LogP contribution in [-0.4, -0.2) is 33.4 Å². The van der Waals surface area contributed by atoms with Crippen LogP contribution in [0.3, 0.4) is 0 Å². The number of hydrogen-bond donors (Lipinski definition) is 1. The van der Waals surface area contributed by atoms with E-state index in [1.165, 1.54) is 17.9 Å². The topological polar surface area (TPSA) is 17.0 Å². The first-order valence-electron chi connectivity index (χ1n) is 3.19. The summed E-state index contributed by atoms with van der Waals surface area (Å²) >= 11 is 0. The Bertz CT molecular complexity index is 71.5. The largest absolute Gasteiger partial charge is 1.00 e. The molecule has 0 spiro atoms. The smallest absolute Gasteiger partial charge is 0.0863 e. The van der Waals surface area contributed by atoms with Crippen LogP contribution in [0.2, 0.25) is 0 Å². The fourth-order valence-corrected chi connectivity index (χ4v) is 0.684. The van der Waals surface area contributed by atoms with Gasteiger partial charge in [0.25, 0.3) is 0 Å². The van der Waals surface area contributed by atoms with Gasteiger partial charge in [0.15, 0.2) is 0 Å². The van der Waals surface area contributed by atoms with Crippen molar-refractivity contribution >= 4 is 0 Å². The monoisotopic (exact) mass is 151 g/mol. The van der Waals surface area contributed by atoms with Gasteiger partial charge in [-0.15, -0.1) is 0 Å². The van der Waals surface area contributed by atoms with Crippen molar-refractivity contribution in [3.8, 4) is 0 Å². The normalized spacial score (nSPS) is 23.7. The second-order valence-electron chi connectivity index (χ2n) is 2.70. The van der Waals surface area contributed by atoms with Crippen molar-refractivity contribution in [2.24, 2.45) is 0 Å². The zero-order valence-corrected chi connectivity index (χ0v) is 6.74. The van der Waals surface area contributed by atoms with Gasteiger partial charge in [-0.25, -0.2) is 0 Å². The molecule has 1 aliphatic heterocycles. The highest BCUT2D eigenvalue weighted by molar-refractivity contribution is 4.66. The quantitative estimate of drug-likeness (QED) is 0.406. The predicted octanol–water partition coefficient (Wildman–Crippen LogP) is -4.08. The van der Waals surface area contributed by atoms with E-state index in [1.807, 2.05) is 0 Å². The van der Waals surface area contributed by atoms with Gasteiger partial charge in [-0.2, -0.15) is 0 Å². The van der Waals surface area contributed by atoms with Crippen LogP contribution >= 0.6 is 0 Å². The van der Waals surface area contributed by atoms with Crippen molar-refractivity contribution < 1.29 is 22.0 Å². The Morgan fingerprint density at radius 2 is 2.11 bits per heavy atom. The van der Waals surface area contributed by atoms with E-state index in [2.05, 4.69) is 14.1 Å². The van der Waals surface area contributed by atoms with Crippen LogP contribution in [-0.2, 0) is 4.74 Å². The van der Waals surface area contributed by atoms with Crippen LogP contribution in [0.15, 0.2) is 0 Å². The average molecular weight is 152 g/mol. The minimum atomic E-state index is 0. The molecule has 1 N–H and O–H groups in total. The molecule has 0 aromatic carbocycles. The van der Waals surface area contributed by atoms with E-state index in [4.69, 9.17) is 4.74 Å². The summed E-state index contributed by atoms with van der Waals surface area (Å²) in [6.45, 7) is 2.25. The van der Waals surface area contributed by atoms with Crippen LogP contribution in [0.1, 0.15) is 6.42 Å². The first kappa shape index (κ1) is 9.21. The minimum absolute atomic E-state index is 0. The van der Waals surface area contributed by atoms with Gasteiger partial charge in [-0.1, -0.05) is 0 Å². The number of quaternary nitrogens is 1.